The third-order valence-electron chi connectivity index (χ3n) is 2.87. The number of carbonyl (C=O) groups excluding carboxylic acids is 1. The summed E-state index contributed by atoms with van der Waals surface area (Å²) in [5.41, 5.74) is 2.50. The fraction of sp³-hybridized carbons (Fsp3) is 0.0625. The van der Waals surface area contributed by atoms with E-state index in [0.29, 0.717) is 5.56 Å². The van der Waals surface area contributed by atoms with Gasteiger partial charge in [-0.2, -0.15) is 0 Å². The van der Waals surface area contributed by atoms with Crippen molar-refractivity contribution in [2.45, 2.75) is 6.92 Å². The van der Waals surface area contributed by atoms with E-state index in [1.807, 2.05) is 31.2 Å². The Morgan fingerprint density at radius 1 is 1.05 bits per heavy atom. The Morgan fingerprint density at radius 3 is 2.20 bits per heavy atom. The molecule has 0 aliphatic rings. The van der Waals surface area contributed by atoms with Gasteiger partial charge in [0.15, 0.2) is 5.78 Å². The number of benzene rings is 2. The standard InChI is InChI=1S/C16H13NO3/c1-12-2-4-13(5-3-12)6-11-16(18)14-7-9-15(10-8-14)17(19)20/h2-11H,1H3. The molecule has 0 atom stereocenters. The molecule has 20 heavy (non-hydrogen) atoms. The summed E-state index contributed by atoms with van der Waals surface area (Å²) in [5.74, 6) is -0.180. The molecule has 0 saturated heterocycles. The van der Waals surface area contributed by atoms with Crippen molar-refractivity contribution >= 4 is 17.5 Å². The minimum Gasteiger partial charge on any atom is -0.289 e. The van der Waals surface area contributed by atoms with Crippen LogP contribution in [0.3, 0.4) is 0 Å². The smallest absolute Gasteiger partial charge is 0.269 e. The zero-order valence-corrected chi connectivity index (χ0v) is 10.9. The highest BCUT2D eigenvalue weighted by atomic mass is 16.6. The van der Waals surface area contributed by atoms with E-state index in [1.165, 1.54) is 30.3 Å². The number of aryl methyl sites for hydroxylation is 1. The molecule has 4 heteroatoms. The molecule has 0 heterocycles. The van der Waals surface area contributed by atoms with Gasteiger partial charge >= 0.3 is 0 Å². The minimum absolute atomic E-state index is 0.0240. The van der Waals surface area contributed by atoms with E-state index in [4.69, 9.17) is 0 Å². The molecule has 0 fully saturated rings. The van der Waals surface area contributed by atoms with Crippen molar-refractivity contribution in [1.82, 2.24) is 0 Å². The summed E-state index contributed by atoms with van der Waals surface area (Å²) in [6.45, 7) is 2.00. The molecule has 2 aromatic rings. The maximum atomic E-state index is 11.9. The number of hydrogen-bond acceptors (Lipinski definition) is 3. The SMILES string of the molecule is Cc1ccc(C=CC(=O)c2ccc([N+](=O)[O-])cc2)cc1. The second-order valence-electron chi connectivity index (χ2n) is 4.41. The summed E-state index contributed by atoms with van der Waals surface area (Å²) < 4.78 is 0. The fourth-order valence-corrected chi connectivity index (χ4v) is 1.69. The molecule has 0 spiro atoms. The van der Waals surface area contributed by atoms with Crippen LogP contribution in [0.4, 0.5) is 5.69 Å². The Morgan fingerprint density at radius 2 is 1.65 bits per heavy atom. The quantitative estimate of drug-likeness (QED) is 0.366. The summed E-state index contributed by atoms with van der Waals surface area (Å²) in [6.07, 6.45) is 3.19. The van der Waals surface area contributed by atoms with Gasteiger partial charge in [-0.25, -0.2) is 0 Å². The Balaban J connectivity index is 2.11. The van der Waals surface area contributed by atoms with Crippen LogP contribution in [0.5, 0.6) is 0 Å². The highest BCUT2D eigenvalue weighted by Gasteiger charge is 2.06. The van der Waals surface area contributed by atoms with Gasteiger partial charge in [0.1, 0.15) is 0 Å². The van der Waals surface area contributed by atoms with E-state index < -0.39 is 4.92 Å². The van der Waals surface area contributed by atoms with Gasteiger partial charge < -0.3 is 0 Å². The van der Waals surface area contributed by atoms with Gasteiger partial charge in [0.2, 0.25) is 0 Å². The number of carbonyl (C=O) groups is 1. The van der Waals surface area contributed by atoms with E-state index >= 15 is 0 Å². The lowest BCUT2D eigenvalue weighted by Gasteiger charge is -1.97. The molecular formula is C16H13NO3. The number of rotatable bonds is 4. The first-order valence-electron chi connectivity index (χ1n) is 6.10. The van der Waals surface area contributed by atoms with Crippen molar-refractivity contribution in [2.24, 2.45) is 0 Å². The molecule has 2 rings (SSSR count). The summed E-state index contributed by atoms with van der Waals surface area (Å²) in [6, 6.07) is 13.4. The Kier molecular flexibility index (Phi) is 4.05. The molecular weight excluding hydrogens is 254 g/mol. The molecule has 2 aromatic carbocycles. The molecule has 0 radical (unpaired) electrons. The summed E-state index contributed by atoms with van der Waals surface area (Å²) in [7, 11) is 0. The van der Waals surface area contributed by atoms with E-state index in [9.17, 15) is 14.9 Å². The maximum Gasteiger partial charge on any atom is 0.269 e. The van der Waals surface area contributed by atoms with Crippen LogP contribution in [0, 0.1) is 17.0 Å². The van der Waals surface area contributed by atoms with E-state index in [2.05, 4.69) is 0 Å². The van der Waals surface area contributed by atoms with Gasteiger partial charge in [-0.15, -0.1) is 0 Å². The van der Waals surface area contributed by atoms with Gasteiger partial charge in [-0.1, -0.05) is 35.9 Å². The molecule has 0 aromatic heterocycles. The molecule has 0 saturated carbocycles. The van der Waals surface area contributed by atoms with Crippen LogP contribution in [0.25, 0.3) is 6.08 Å². The topological polar surface area (TPSA) is 60.2 Å². The number of allylic oxidation sites excluding steroid dienone is 1. The predicted molar refractivity (Wildman–Crippen MR) is 77.6 cm³/mol. The lowest BCUT2D eigenvalue weighted by molar-refractivity contribution is -0.384. The van der Waals surface area contributed by atoms with E-state index in [1.54, 1.807) is 6.08 Å². The molecule has 0 aliphatic carbocycles. The summed E-state index contributed by atoms with van der Waals surface area (Å²) >= 11 is 0. The normalized spacial score (nSPS) is 10.7. The monoisotopic (exact) mass is 267 g/mol. The first-order valence-corrected chi connectivity index (χ1v) is 6.10. The van der Waals surface area contributed by atoms with Crippen LogP contribution in [0.2, 0.25) is 0 Å². The van der Waals surface area contributed by atoms with Crippen molar-refractivity contribution in [3.63, 3.8) is 0 Å². The van der Waals surface area contributed by atoms with Gasteiger partial charge in [-0.05, 0) is 30.7 Å². The highest BCUT2D eigenvalue weighted by Crippen LogP contribution is 2.13. The van der Waals surface area contributed by atoms with Crippen LogP contribution in [0.1, 0.15) is 21.5 Å². The Labute approximate surface area is 116 Å². The summed E-state index contributed by atoms with van der Waals surface area (Å²) in [4.78, 5) is 21.9. The van der Waals surface area contributed by atoms with Crippen LogP contribution in [-0.4, -0.2) is 10.7 Å². The lowest BCUT2D eigenvalue weighted by atomic mass is 10.1. The van der Waals surface area contributed by atoms with Crippen molar-refractivity contribution in [3.8, 4) is 0 Å². The number of nitro benzene ring substituents is 1. The summed E-state index contributed by atoms with van der Waals surface area (Å²) in [5, 5.41) is 10.5. The zero-order chi connectivity index (χ0) is 14.5. The zero-order valence-electron chi connectivity index (χ0n) is 10.9. The van der Waals surface area contributed by atoms with Crippen LogP contribution < -0.4 is 0 Å². The second-order valence-corrected chi connectivity index (χ2v) is 4.41. The highest BCUT2D eigenvalue weighted by molar-refractivity contribution is 6.06. The third-order valence-corrected chi connectivity index (χ3v) is 2.87. The first kappa shape index (κ1) is 13.7. The number of nitro groups is 1. The number of hydrogen-bond donors (Lipinski definition) is 0. The molecule has 4 nitrogen and oxygen atoms in total. The number of non-ortho nitro benzene ring substituents is 1. The maximum absolute atomic E-state index is 11.9. The largest absolute Gasteiger partial charge is 0.289 e. The van der Waals surface area contributed by atoms with Crippen molar-refractivity contribution in [3.05, 3.63) is 81.4 Å². The Bertz CT molecular complexity index is 655. The molecule has 0 N–H and O–H groups in total. The van der Waals surface area contributed by atoms with Crippen molar-refractivity contribution in [2.75, 3.05) is 0 Å². The number of ketones is 1. The molecule has 0 unspecified atom stereocenters. The predicted octanol–water partition coefficient (Wildman–Crippen LogP) is 3.80. The molecule has 0 aliphatic heterocycles. The third kappa shape index (κ3) is 3.38. The average molecular weight is 267 g/mol. The van der Waals surface area contributed by atoms with Crippen LogP contribution in [-0.2, 0) is 0 Å². The molecule has 0 amide bonds. The van der Waals surface area contributed by atoms with Crippen molar-refractivity contribution in [1.29, 1.82) is 0 Å². The van der Waals surface area contributed by atoms with Gasteiger partial charge in [0, 0.05) is 17.7 Å². The van der Waals surface area contributed by atoms with Gasteiger partial charge in [0.25, 0.3) is 5.69 Å². The average Bonchev–Trinajstić information content (AvgIpc) is 2.46. The Hall–Kier alpha value is -2.75. The van der Waals surface area contributed by atoms with E-state index in [-0.39, 0.29) is 11.5 Å². The minimum atomic E-state index is -0.490. The van der Waals surface area contributed by atoms with Gasteiger partial charge in [-0.3, -0.25) is 14.9 Å². The van der Waals surface area contributed by atoms with Crippen LogP contribution in [0.15, 0.2) is 54.6 Å². The fourth-order valence-electron chi connectivity index (χ4n) is 1.69. The van der Waals surface area contributed by atoms with E-state index in [0.717, 1.165) is 11.1 Å². The lowest BCUT2D eigenvalue weighted by Crippen LogP contribution is -1.95. The molecule has 100 valence electrons. The first-order chi connectivity index (χ1) is 9.56. The second kappa shape index (κ2) is 5.93. The molecule has 0 bridgehead atoms. The number of nitrogens with zero attached hydrogens (tertiary/aromatic N) is 1. The van der Waals surface area contributed by atoms with Gasteiger partial charge in [0.05, 0.1) is 4.92 Å². The van der Waals surface area contributed by atoms with Crippen LogP contribution >= 0.6 is 0 Å². The van der Waals surface area contributed by atoms with Crippen molar-refractivity contribution < 1.29 is 9.72 Å².